The topological polar surface area (TPSA) is 90.6 Å². The van der Waals surface area contributed by atoms with Gasteiger partial charge in [-0.25, -0.2) is 14.4 Å². The van der Waals surface area contributed by atoms with Crippen LogP contribution in [0.4, 0.5) is 4.39 Å². The number of nitrogens with zero attached hydrogens (tertiary/aromatic N) is 4. The number of aromatic nitrogens is 5. The van der Waals surface area contributed by atoms with E-state index < -0.39 is 5.82 Å². The molecule has 1 unspecified atom stereocenters. The molecular formula is C15H15FN6O. The summed E-state index contributed by atoms with van der Waals surface area (Å²) in [6.07, 6.45) is 5.62. The number of halogens is 1. The van der Waals surface area contributed by atoms with Gasteiger partial charge in [0.2, 0.25) is 0 Å². The van der Waals surface area contributed by atoms with Crippen LogP contribution in [-0.4, -0.2) is 42.5 Å². The Balaban J connectivity index is 1.75. The molecule has 1 atom stereocenters. The first-order chi connectivity index (χ1) is 11.2. The van der Waals surface area contributed by atoms with Gasteiger partial charge in [-0.15, -0.1) is 0 Å². The number of rotatable bonds is 2. The molecule has 1 fully saturated rings. The Labute approximate surface area is 130 Å². The highest BCUT2D eigenvalue weighted by molar-refractivity contribution is 6.05. The number of likely N-dealkylation sites (tertiary alicyclic amines) is 1. The summed E-state index contributed by atoms with van der Waals surface area (Å²) in [7, 11) is 0. The second kappa shape index (κ2) is 5.45. The molecule has 2 N–H and O–H groups in total. The van der Waals surface area contributed by atoms with Gasteiger partial charge in [0.25, 0.3) is 5.91 Å². The quantitative estimate of drug-likeness (QED) is 0.758. The maximum absolute atomic E-state index is 13.8. The van der Waals surface area contributed by atoms with Gasteiger partial charge in [0.05, 0.1) is 23.4 Å². The van der Waals surface area contributed by atoms with Crippen molar-refractivity contribution < 1.29 is 9.18 Å². The summed E-state index contributed by atoms with van der Waals surface area (Å²) < 4.78 is 13.8. The van der Waals surface area contributed by atoms with Crippen LogP contribution in [0.15, 0.2) is 24.8 Å². The smallest absolute Gasteiger partial charge is 0.256 e. The number of hydrogen-bond acceptors (Lipinski definition) is 4. The maximum Gasteiger partial charge on any atom is 0.256 e. The molecule has 7 nitrogen and oxygen atoms in total. The number of nitrogens with one attached hydrogen (secondary N) is 2. The number of aromatic amines is 2. The lowest BCUT2D eigenvalue weighted by molar-refractivity contribution is 0.0602. The van der Waals surface area contributed by atoms with Crippen molar-refractivity contribution in [2.45, 2.75) is 25.3 Å². The zero-order chi connectivity index (χ0) is 15.8. The third kappa shape index (κ3) is 2.36. The predicted molar refractivity (Wildman–Crippen MR) is 80.1 cm³/mol. The highest BCUT2D eigenvalue weighted by Crippen LogP contribution is 2.31. The summed E-state index contributed by atoms with van der Waals surface area (Å²) in [6.45, 7) is 0.604. The van der Waals surface area contributed by atoms with Crippen molar-refractivity contribution in [3.8, 4) is 0 Å². The number of benzene rings is 1. The molecule has 3 heterocycles. The molecule has 0 bridgehead atoms. The van der Waals surface area contributed by atoms with Gasteiger partial charge in [-0.1, -0.05) is 0 Å². The fraction of sp³-hybridized carbons (Fsp3) is 0.333. The first kappa shape index (κ1) is 13.9. The summed E-state index contributed by atoms with van der Waals surface area (Å²) >= 11 is 0. The normalized spacial score (nSPS) is 18.5. The first-order valence-electron chi connectivity index (χ1n) is 7.53. The zero-order valence-electron chi connectivity index (χ0n) is 12.3. The van der Waals surface area contributed by atoms with E-state index in [2.05, 4.69) is 25.1 Å². The van der Waals surface area contributed by atoms with Crippen molar-refractivity contribution in [3.05, 3.63) is 42.0 Å². The Bertz CT molecular complexity index is 843. The van der Waals surface area contributed by atoms with Gasteiger partial charge in [0, 0.05) is 6.54 Å². The second-order valence-electron chi connectivity index (χ2n) is 5.63. The van der Waals surface area contributed by atoms with E-state index in [1.165, 1.54) is 24.8 Å². The summed E-state index contributed by atoms with van der Waals surface area (Å²) in [5.74, 6) is -0.0336. The van der Waals surface area contributed by atoms with E-state index in [1.54, 1.807) is 4.90 Å². The summed E-state index contributed by atoms with van der Waals surface area (Å²) in [5, 5.41) is 6.70. The molecule has 3 aromatic rings. The lowest BCUT2D eigenvalue weighted by Crippen LogP contribution is -2.39. The molecule has 2 aromatic heterocycles. The highest BCUT2D eigenvalue weighted by Gasteiger charge is 2.31. The minimum Gasteiger partial charge on any atom is -0.344 e. The monoisotopic (exact) mass is 314 g/mol. The number of H-pyrrole nitrogens is 2. The van der Waals surface area contributed by atoms with Crippen LogP contribution in [0.5, 0.6) is 0 Å². The Morgan fingerprint density at radius 1 is 1.30 bits per heavy atom. The molecule has 1 aliphatic heterocycles. The number of carbonyl (C=O) groups excluding carboxylic acids is 1. The largest absolute Gasteiger partial charge is 0.344 e. The predicted octanol–water partition coefficient (Wildman–Crippen LogP) is 2.19. The summed E-state index contributed by atoms with van der Waals surface area (Å²) in [4.78, 5) is 25.9. The number of amides is 1. The molecule has 0 radical (unpaired) electrons. The summed E-state index contributed by atoms with van der Waals surface area (Å²) in [5.41, 5.74) is 1.27. The fourth-order valence-corrected chi connectivity index (χ4v) is 3.17. The van der Waals surface area contributed by atoms with Crippen molar-refractivity contribution in [1.82, 2.24) is 30.0 Å². The average Bonchev–Trinajstić information content (AvgIpc) is 3.24. The molecule has 0 spiro atoms. The van der Waals surface area contributed by atoms with E-state index in [9.17, 15) is 9.18 Å². The number of fused-ring (bicyclic) bond motifs is 1. The van der Waals surface area contributed by atoms with Crippen molar-refractivity contribution in [1.29, 1.82) is 0 Å². The van der Waals surface area contributed by atoms with Gasteiger partial charge in [-0.05, 0) is 31.4 Å². The Morgan fingerprint density at radius 2 is 2.22 bits per heavy atom. The van der Waals surface area contributed by atoms with E-state index in [4.69, 9.17) is 0 Å². The Morgan fingerprint density at radius 3 is 3.04 bits per heavy atom. The third-order valence-electron chi connectivity index (χ3n) is 4.23. The van der Waals surface area contributed by atoms with Crippen molar-refractivity contribution in [2.24, 2.45) is 0 Å². The van der Waals surface area contributed by atoms with Crippen LogP contribution < -0.4 is 0 Å². The lowest BCUT2D eigenvalue weighted by Gasteiger charge is -2.34. The van der Waals surface area contributed by atoms with Crippen LogP contribution in [0.25, 0.3) is 11.0 Å². The molecule has 118 valence electrons. The van der Waals surface area contributed by atoms with Crippen LogP contribution in [0.1, 0.15) is 41.5 Å². The Kier molecular flexibility index (Phi) is 3.29. The van der Waals surface area contributed by atoms with Crippen LogP contribution in [0.3, 0.4) is 0 Å². The third-order valence-corrected chi connectivity index (χ3v) is 4.23. The second-order valence-corrected chi connectivity index (χ2v) is 5.63. The zero-order valence-corrected chi connectivity index (χ0v) is 12.3. The van der Waals surface area contributed by atoms with Crippen molar-refractivity contribution in [2.75, 3.05) is 6.54 Å². The van der Waals surface area contributed by atoms with Crippen LogP contribution in [-0.2, 0) is 0 Å². The number of imidazole rings is 1. The molecule has 1 aromatic carbocycles. The van der Waals surface area contributed by atoms with Gasteiger partial charge < -0.3 is 9.88 Å². The molecular weight excluding hydrogens is 299 g/mol. The number of hydrogen-bond donors (Lipinski definition) is 2. The minimum atomic E-state index is -0.460. The molecule has 0 aliphatic carbocycles. The van der Waals surface area contributed by atoms with Gasteiger partial charge in [0.15, 0.2) is 0 Å². The fourth-order valence-electron chi connectivity index (χ4n) is 3.17. The SMILES string of the molecule is O=C(c1cc(F)cc2[nH]cnc12)N1CCCCC1c1ncn[nH]1. The molecule has 1 saturated heterocycles. The van der Waals surface area contributed by atoms with Gasteiger partial charge >= 0.3 is 0 Å². The minimum absolute atomic E-state index is 0.170. The van der Waals surface area contributed by atoms with E-state index in [0.29, 0.717) is 23.4 Å². The van der Waals surface area contributed by atoms with Crippen molar-refractivity contribution in [3.63, 3.8) is 0 Å². The number of carbonyl (C=O) groups is 1. The Hall–Kier alpha value is -2.77. The highest BCUT2D eigenvalue weighted by atomic mass is 19.1. The first-order valence-corrected chi connectivity index (χ1v) is 7.53. The van der Waals surface area contributed by atoms with Crippen LogP contribution in [0.2, 0.25) is 0 Å². The van der Waals surface area contributed by atoms with Crippen molar-refractivity contribution >= 4 is 16.9 Å². The van der Waals surface area contributed by atoms with E-state index in [-0.39, 0.29) is 17.5 Å². The van der Waals surface area contributed by atoms with E-state index in [1.807, 2.05) is 0 Å². The maximum atomic E-state index is 13.8. The number of piperidine rings is 1. The van der Waals surface area contributed by atoms with E-state index in [0.717, 1.165) is 19.3 Å². The van der Waals surface area contributed by atoms with Gasteiger partial charge in [-0.3, -0.25) is 9.89 Å². The summed E-state index contributed by atoms with van der Waals surface area (Å²) in [6, 6.07) is 2.41. The van der Waals surface area contributed by atoms with Crippen LogP contribution >= 0.6 is 0 Å². The molecule has 1 aliphatic rings. The van der Waals surface area contributed by atoms with Gasteiger partial charge in [0.1, 0.15) is 23.5 Å². The van der Waals surface area contributed by atoms with Crippen LogP contribution in [0, 0.1) is 5.82 Å². The average molecular weight is 314 g/mol. The molecule has 1 amide bonds. The van der Waals surface area contributed by atoms with E-state index >= 15 is 0 Å². The standard InChI is InChI=1S/C15H15FN6O/c16-9-5-10(13-11(6-9)17-7-18-13)15(23)22-4-2-1-3-12(22)14-19-8-20-21-14/h5-8,12H,1-4H2,(H,17,18)(H,19,20,21). The molecule has 8 heteroatoms. The lowest BCUT2D eigenvalue weighted by atomic mass is 10.00. The van der Waals surface area contributed by atoms with Gasteiger partial charge in [-0.2, -0.15) is 5.10 Å². The molecule has 23 heavy (non-hydrogen) atoms. The molecule has 4 rings (SSSR count). The molecule has 0 saturated carbocycles.